The minimum atomic E-state index is -0.159. The largest absolute Gasteiger partial charge is 0.482 e. The first kappa shape index (κ1) is 11.1. The Hall–Kier alpha value is -2.04. The summed E-state index contributed by atoms with van der Waals surface area (Å²) in [6.07, 6.45) is 0.722. The van der Waals surface area contributed by atoms with Gasteiger partial charge in [0, 0.05) is 12.7 Å². The van der Waals surface area contributed by atoms with Crippen LogP contribution in [0, 0.1) is 5.92 Å². The van der Waals surface area contributed by atoms with Crippen LogP contribution in [0.15, 0.2) is 29.4 Å². The molecule has 0 spiro atoms. The predicted octanol–water partition coefficient (Wildman–Crippen LogP) is 1.07. The quantitative estimate of drug-likeness (QED) is 0.744. The first-order valence-electron chi connectivity index (χ1n) is 5.95. The third-order valence-corrected chi connectivity index (χ3v) is 3.53. The molecule has 2 aliphatic heterocycles. The summed E-state index contributed by atoms with van der Waals surface area (Å²) >= 11 is 0. The Morgan fingerprint density at radius 2 is 2.22 bits per heavy atom. The zero-order chi connectivity index (χ0) is 12.7. The van der Waals surface area contributed by atoms with Crippen molar-refractivity contribution in [3.8, 4) is 0 Å². The minimum Gasteiger partial charge on any atom is -0.482 e. The highest BCUT2D eigenvalue weighted by molar-refractivity contribution is 5.97. The van der Waals surface area contributed by atoms with Crippen LogP contribution in [0.5, 0.6) is 0 Å². The lowest BCUT2D eigenvalue weighted by atomic mass is 9.85. The van der Waals surface area contributed by atoms with E-state index >= 15 is 0 Å². The molecule has 1 N–H and O–H groups in total. The average Bonchev–Trinajstić information content (AvgIpc) is 2.41. The molecular weight excluding hydrogens is 230 g/mol. The molecule has 1 amide bonds. The number of amides is 1. The fourth-order valence-electron chi connectivity index (χ4n) is 2.59. The number of methoxy groups -OCH3 is 1. The summed E-state index contributed by atoms with van der Waals surface area (Å²) in [6, 6.07) is 7.87. The number of carbonyl (C=O) groups excluding carboxylic acids is 1. The van der Waals surface area contributed by atoms with Gasteiger partial charge in [-0.1, -0.05) is 18.2 Å². The van der Waals surface area contributed by atoms with Gasteiger partial charge in [0.25, 0.3) is 0 Å². The van der Waals surface area contributed by atoms with Crippen molar-refractivity contribution in [1.29, 1.82) is 0 Å². The number of anilines is 1. The summed E-state index contributed by atoms with van der Waals surface area (Å²) in [5, 5.41) is 8.87. The molecule has 1 aromatic carbocycles. The van der Waals surface area contributed by atoms with E-state index in [4.69, 9.17) is 4.74 Å². The highest BCUT2D eigenvalue weighted by atomic mass is 16.5. The third-order valence-electron chi connectivity index (χ3n) is 3.53. The van der Waals surface area contributed by atoms with Crippen molar-refractivity contribution in [2.75, 3.05) is 19.5 Å². The number of nitrogens with zero attached hydrogens (tertiary/aromatic N) is 2. The highest BCUT2D eigenvalue weighted by Gasteiger charge is 2.42. The van der Waals surface area contributed by atoms with Crippen LogP contribution in [0.1, 0.15) is 5.56 Å². The van der Waals surface area contributed by atoms with Gasteiger partial charge in [0.2, 0.25) is 11.8 Å². The monoisotopic (exact) mass is 245 g/mol. The molecule has 0 aliphatic carbocycles. The van der Waals surface area contributed by atoms with E-state index in [-0.39, 0.29) is 17.9 Å². The van der Waals surface area contributed by atoms with E-state index in [0.29, 0.717) is 5.90 Å². The number of ether oxygens (including phenoxy) is 1. The fraction of sp³-hybridized carbons (Fsp3) is 0.385. The first-order valence-corrected chi connectivity index (χ1v) is 5.95. The van der Waals surface area contributed by atoms with Crippen LogP contribution in [-0.2, 0) is 16.0 Å². The van der Waals surface area contributed by atoms with E-state index in [9.17, 15) is 4.79 Å². The molecule has 5 nitrogen and oxygen atoms in total. The molecule has 2 unspecified atom stereocenters. The molecule has 0 aromatic heterocycles. The summed E-state index contributed by atoms with van der Waals surface area (Å²) < 4.78 is 5.29. The lowest BCUT2D eigenvalue weighted by Gasteiger charge is -2.38. The third kappa shape index (κ3) is 1.54. The molecule has 18 heavy (non-hydrogen) atoms. The van der Waals surface area contributed by atoms with Crippen LogP contribution in [0.3, 0.4) is 0 Å². The number of hydrogen-bond donors (Lipinski definition) is 1. The molecule has 0 fully saturated rings. The molecule has 2 heterocycles. The minimum absolute atomic E-state index is 0.0304. The lowest BCUT2D eigenvalue weighted by Crippen LogP contribution is -2.53. The molecule has 3 rings (SSSR count). The maximum absolute atomic E-state index is 12.2. The van der Waals surface area contributed by atoms with Gasteiger partial charge >= 0.3 is 0 Å². The Labute approximate surface area is 105 Å². The fourth-order valence-corrected chi connectivity index (χ4v) is 2.59. The smallest absolute Gasteiger partial charge is 0.248 e. The van der Waals surface area contributed by atoms with Gasteiger partial charge in [-0.15, -0.1) is 5.10 Å². The Bertz CT molecular complexity index is 527. The van der Waals surface area contributed by atoms with Crippen molar-refractivity contribution >= 4 is 17.5 Å². The van der Waals surface area contributed by atoms with Gasteiger partial charge < -0.3 is 10.1 Å². The number of hydrazone groups is 1. The summed E-state index contributed by atoms with van der Waals surface area (Å²) in [7, 11) is 3.25. The van der Waals surface area contributed by atoms with Gasteiger partial charge in [0.15, 0.2) is 0 Å². The van der Waals surface area contributed by atoms with Crippen molar-refractivity contribution < 1.29 is 9.53 Å². The highest BCUT2D eigenvalue weighted by Crippen LogP contribution is 2.32. The summed E-state index contributed by atoms with van der Waals surface area (Å²) in [4.78, 5) is 12.2. The molecule has 0 radical (unpaired) electrons. The van der Waals surface area contributed by atoms with Crippen molar-refractivity contribution in [2.24, 2.45) is 11.0 Å². The number of rotatable bonds is 0. The van der Waals surface area contributed by atoms with Gasteiger partial charge in [0.05, 0.1) is 13.0 Å². The topological polar surface area (TPSA) is 53.9 Å². The summed E-state index contributed by atoms with van der Waals surface area (Å²) in [5.74, 6) is 0.455. The SMILES string of the molecule is COC1=NN(C)C(=O)C2Cc3ccccc3NC12. The number of benzene rings is 1. The first-order chi connectivity index (χ1) is 8.70. The molecule has 0 bridgehead atoms. The Balaban J connectivity index is 2.02. The van der Waals surface area contributed by atoms with Crippen molar-refractivity contribution in [3.63, 3.8) is 0 Å². The zero-order valence-corrected chi connectivity index (χ0v) is 10.4. The van der Waals surface area contributed by atoms with Crippen molar-refractivity contribution in [1.82, 2.24) is 5.01 Å². The van der Waals surface area contributed by atoms with Gasteiger partial charge in [0.1, 0.15) is 6.04 Å². The van der Waals surface area contributed by atoms with E-state index in [1.165, 1.54) is 5.01 Å². The summed E-state index contributed by atoms with van der Waals surface area (Å²) in [6.45, 7) is 0. The van der Waals surface area contributed by atoms with Crippen LogP contribution in [0.2, 0.25) is 0 Å². The molecule has 94 valence electrons. The number of nitrogens with one attached hydrogen (secondary N) is 1. The summed E-state index contributed by atoms with van der Waals surface area (Å²) in [5.41, 5.74) is 2.22. The standard InChI is InChI=1S/C13H15N3O2/c1-16-13(17)9-7-8-5-3-4-6-10(8)14-11(9)12(15-16)18-2/h3-6,9,11,14H,7H2,1-2H3. The van der Waals surface area contributed by atoms with Crippen LogP contribution >= 0.6 is 0 Å². The second-order valence-electron chi connectivity index (χ2n) is 4.59. The molecule has 2 aliphatic rings. The van der Waals surface area contributed by atoms with Gasteiger partial charge in [-0.05, 0) is 18.1 Å². The molecule has 5 heteroatoms. The van der Waals surface area contributed by atoms with Crippen LogP contribution in [0.4, 0.5) is 5.69 Å². The molecule has 2 atom stereocenters. The second-order valence-corrected chi connectivity index (χ2v) is 4.59. The van der Waals surface area contributed by atoms with E-state index < -0.39 is 0 Å². The van der Waals surface area contributed by atoms with Crippen molar-refractivity contribution in [2.45, 2.75) is 12.5 Å². The Kier molecular flexibility index (Phi) is 2.47. The van der Waals surface area contributed by atoms with Gasteiger partial charge in [-0.25, -0.2) is 5.01 Å². The zero-order valence-electron chi connectivity index (χ0n) is 10.4. The van der Waals surface area contributed by atoms with Crippen molar-refractivity contribution in [3.05, 3.63) is 29.8 Å². The van der Waals surface area contributed by atoms with Crippen LogP contribution in [-0.4, -0.2) is 37.0 Å². The predicted molar refractivity (Wildman–Crippen MR) is 68.3 cm³/mol. The van der Waals surface area contributed by atoms with E-state index in [0.717, 1.165) is 17.7 Å². The number of hydrogen-bond acceptors (Lipinski definition) is 4. The van der Waals surface area contributed by atoms with Gasteiger partial charge in [-0.3, -0.25) is 4.79 Å². The molecule has 1 aromatic rings. The van der Waals surface area contributed by atoms with E-state index in [2.05, 4.69) is 10.4 Å². The number of fused-ring (bicyclic) bond motifs is 2. The second kappa shape index (κ2) is 4.01. The maximum atomic E-state index is 12.2. The van der Waals surface area contributed by atoms with E-state index in [1.54, 1.807) is 14.2 Å². The average molecular weight is 245 g/mol. The maximum Gasteiger partial charge on any atom is 0.248 e. The number of para-hydroxylation sites is 1. The molecular formula is C13H15N3O2. The van der Waals surface area contributed by atoms with Crippen LogP contribution < -0.4 is 5.32 Å². The normalized spacial score (nSPS) is 25.8. The van der Waals surface area contributed by atoms with E-state index in [1.807, 2.05) is 24.3 Å². The Morgan fingerprint density at radius 1 is 1.44 bits per heavy atom. The lowest BCUT2D eigenvalue weighted by molar-refractivity contribution is -0.135. The Morgan fingerprint density at radius 3 is 3.00 bits per heavy atom. The molecule has 0 saturated carbocycles. The number of carbonyl (C=O) groups is 1. The molecule has 0 saturated heterocycles. The van der Waals surface area contributed by atoms with Crippen LogP contribution in [0.25, 0.3) is 0 Å². The van der Waals surface area contributed by atoms with Gasteiger partial charge in [-0.2, -0.15) is 0 Å².